The van der Waals surface area contributed by atoms with E-state index in [2.05, 4.69) is 0 Å². The maximum Gasteiger partial charge on any atom is 0.425 e. The molecule has 0 aromatic heterocycles. The van der Waals surface area contributed by atoms with Crippen LogP contribution in [-0.4, -0.2) is 25.7 Å². The summed E-state index contributed by atoms with van der Waals surface area (Å²) in [6.45, 7) is 0. The summed E-state index contributed by atoms with van der Waals surface area (Å²) < 4.78 is 70.7. The summed E-state index contributed by atoms with van der Waals surface area (Å²) in [5.41, 5.74) is -3.64. The number of hydrogen-bond donors (Lipinski definition) is 1. The number of rotatable bonds is 6. The molecule has 1 unspecified atom stereocenters. The number of alkyl halides is 3. The van der Waals surface area contributed by atoms with E-state index in [0.29, 0.717) is 12.8 Å². The molecular weight excluding hydrogens is 477 g/mol. The van der Waals surface area contributed by atoms with E-state index >= 15 is 0 Å². The number of sulfonamides is 1. The Morgan fingerprint density at radius 2 is 1.49 bits per heavy atom. The third-order valence-corrected chi connectivity index (χ3v) is 8.19. The molecule has 9 heteroatoms. The fourth-order valence-corrected chi connectivity index (χ4v) is 6.30. The van der Waals surface area contributed by atoms with E-state index in [1.165, 1.54) is 65.0 Å². The highest BCUT2D eigenvalue weighted by Crippen LogP contribution is 2.45. The molecule has 1 N–H and O–H groups in total. The highest BCUT2D eigenvalue weighted by Gasteiger charge is 2.56. The molecule has 0 bridgehead atoms. The first-order valence-electron chi connectivity index (χ1n) is 11.1. The minimum absolute atomic E-state index is 0.0661. The van der Waals surface area contributed by atoms with Crippen LogP contribution in [0.5, 0.6) is 0 Å². The molecular formula is C26H23F3N2O3S. The fourth-order valence-electron chi connectivity index (χ4n) is 4.55. The summed E-state index contributed by atoms with van der Waals surface area (Å²) in [5.74, 6) is 0. The molecule has 0 aliphatic heterocycles. The van der Waals surface area contributed by atoms with Crippen LogP contribution >= 0.6 is 0 Å². The highest BCUT2D eigenvalue weighted by molar-refractivity contribution is 7.92. The molecule has 0 spiro atoms. The average molecular weight is 501 g/mol. The Morgan fingerprint density at radius 3 is 2.06 bits per heavy atom. The molecule has 1 atom stereocenters. The van der Waals surface area contributed by atoms with E-state index in [0.717, 1.165) is 25.0 Å². The van der Waals surface area contributed by atoms with Crippen molar-refractivity contribution in [3.8, 4) is 6.07 Å². The van der Waals surface area contributed by atoms with Crippen molar-refractivity contribution in [3.05, 3.63) is 95.6 Å². The topological polar surface area (TPSA) is 81.4 Å². The van der Waals surface area contributed by atoms with Gasteiger partial charge >= 0.3 is 6.18 Å². The van der Waals surface area contributed by atoms with Crippen LogP contribution in [0.4, 0.5) is 18.9 Å². The minimum atomic E-state index is -5.01. The van der Waals surface area contributed by atoms with Gasteiger partial charge in [0.25, 0.3) is 10.0 Å². The lowest BCUT2D eigenvalue weighted by Crippen LogP contribution is -2.43. The molecule has 0 heterocycles. The van der Waals surface area contributed by atoms with E-state index in [1.807, 2.05) is 6.07 Å². The van der Waals surface area contributed by atoms with Gasteiger partial charge in [-0.15, -0.1) is 0 Å². The van der Waals surface area contributed by atoms with Gasteiger partial charge in [-0.25, -0.2) is 8.42 Å². The van der Waals surface area contributed by atoms with Crippen LogP contribution < -0.4 is 4.31 Å². The van der Waals surface area contributed by atoms with Gasteiger partial charge in [0.15, 0.2) is 0 Å². The van der Waals surface area contributed by atoms with Crippen molar-refractivity contribution >= 4 is 15.7 Å². The molecule has 0 amide bonds. The molecule has 1 saturated carbocycles. The zero-order chi connectivity index (χ0) is 25.3. The molecule has 3 aromatic rings. The summed E-state index contributed by atoms with van der Waals surface area (Å²) >= 11 is 0. The predicted molar refractivity (Wildman–Crippen MR) is 125 cm³/mol. The lowest BCUT2D eigenvalue weighted by atomic mass is 9.85. The van der Waals surface area contributed by atoms with Gasteiger partial charge in [-0.2, -0.15) is 18.4 Å². The van der Waals surface area contributed by atoms with Crippen molar-refractivity contribution in [1.82, 2.24) is 0 Å². The summed E-state index contributed by atoms with van der Waals surface area (Å²) in [6.07, 6.45) is -2.14. The predicted octanol–water partition coefficient (Wildman–Crippen LogP) is 5.49. The van der Waals surface area contributed by atoms with E-state index < -0.39 is 27.4 Å². The third-order valence-electron chi connectivity index (χ3n) is 6.32. The molecule has 1 aliphatic carbocycles. The van der Waals surface area contributed by atoms with E-state index in [9.17, 15) is 32.0 Å². The van der Waals surface area contributed by atoms with Crippen molar-refractivity contribution in [3.63, 3.8) is 0 Å². The van der Waals surface area contributed by atoms with Crippen LogP contribution in [0.15, 0.2) is 83.8 Å². The molecule has 0 saturated heterocycles. The van der Waals surface area contributed by atoms with Crippen LogP contribution in [0.3, 0.4) is 0 Å². The number of anilines is 1. The van der Waals surface area contributed by atoms with Crippen LogP contribution in [0, 0.1) is 11.3 Å². The van der Waals surface area contributed by atoms with Gasteiger partial charge in [0.2, 0.25) is 5.60 Å². The lowest BCUT2D eigenvalue weighted by molar-refractivity contribution is -0.248. The largest absolute Gasteiger partial charge is 0.425 e. The maximum atomic E-state index is 14.1. The Balaban J connectivity index is 1.80. The average Bonchev–Trinajstić information content (AvgIpc) is 3.38. The van der Waals surface area contributed by atoms with Gasteiger partial charge in [-0.1, -0.05) is 61.4 Å². The Labute approximate surface area is 202 Å². The second-order valence-corrected chi connectivity index (χ2v) is 10.3. The summed E-state index contributed by atoms with van der Waals surface area (Å²) in [5, 5.41) is 20.0. The van der Waals surface area contributed by atoms with Crippen molar-refractivity contribution < 1.29 is 26.7 Å². The van der Waals surface area contributed by atoms with Crippen molar-refractivity contribution in [1.29, 1.82) is 5.26 Å². The van der Waals surface area contributed by atoms with Crippen LogP contribution in [0.1, 0.15) is 42.4 Å². The van der Waals surface area contributed by atoms with Gasteiger partial charge in [0, 0.05) is 6.04 Å². The van der Waals surface area contributed by atoms with Crippen LogP contribution in [0.2, 0.25) is 0 Å². The Bertz CT molecular complexity index is 1330. The van der Waals surface area contributed by atoms with Crippen molar-refractivity contribution in [2.24, 2.45) is 0 Å². The van der Waals surface area contributed by atoms with Crippen molar-refractivity contribution in [2.75, 3.05) is 4.31 Å². The minimum Gasteiger partial charge on any atom is -0.372 e. The second-order valence-electron chi connectivity index (χ2n) is 8.50. The van der Waals surface area contributed by atoms with Crippen LogP contribution in [0.25, 0.3) is 0 Å². The molecule has 4 rings (SSSR count). The third kappa shape index (κ3) is 4.51. The standard InChI is InChI=1S/C26H23F3N2O3S/c27-26(28,29)25(32,20-8-2-1-3-9-20)21-13-15-23(16-14-21)31(22-10-4-5-11-22)35(33,34)24-12-6-7-19(17-24)18-30/h1-3,6-9,12-17,22,32H,4-5,10-11H2. The Hall–Kier alpha value is -3.35. The monoisotopic (exact) mass is 500 g/mol. The molecule has 5 nitrogen and oxygen atoms in total. The number of halogens is 3. The summed E-state index contributed by atoms with van der Waals surface area (Å²) in [6, 6.07) is 18.8. The number of benzene rings is 3. The fraction of sp³-hybridized carbons (Fsp3) is 0.269. The Morgan fingerprint density at radius 1 is 0.886 bits per heavy atom. The maximum absolute atomic E-state index is 14.1. The normalized spacial score (nSPS) is 16.4. The number of nitrogens with zero attached hydrogens (tertiary/aromatic N) is 2. The Kier molecular flexibility index (Phi) is 6.62. The number of hydrogen-bond acceptors (Lipinski definition) is 4. The SMILES string of the molecule is N#Cc1cccc(S(=O)(=O)N(c2ccc(C(O)(c3ccccc3)C(F)(F)F)cc2)C2CCCC2)c1. The van der Waals surface area contributed by atoms with Gasteiger partial charge in [0.05, 0.1) is 22.2 Å². The molecule has 1 fully saturated rings. The molecule has 0 radical (unpaired) electrons. The first kappa shape index (κ1) is 24.8. The van der Waals surface area contributed by atoms with E-state index in [1.54, 1.807) is 6.07 Å². The number of aliphatic hydroxyl groups is 1. The molecule has 1 aliphatic rings. The smallest absolute Gasteiger partial charge is 0.372 e. The first-order valence-corrected chi connectivity index (χ1v) is 12.5. The quantitative estimate of drug-likeness (QED) is 0.485. The summed E-state index contributed by atoms with van der Waals surface area (Å²) in [4.78, 5) is -0.0661. The zero-order valence-corrected chi connectivity index (χ0v) is 19.4. The molecule has 35 heavy (non-hydrogen) atoms. The van der Waals surface area contributed by atoms with Crippen molar-refractivity contribution in [2.45, 2.75) is 48.4 Å². The highest BCUT2D eigenvalue weighted by atomic mass is 32.2. The van der Waals surface area contributed by atoms with Crippen LogP contribution in [-0.2, 0) is 15.6 Å². The van der Waals surface area contributed by atoms with E-state index in [-0.39, 0.29) is 27.8 Å². The summed E-state index contributed by atoms with van der Waals surface area (Å²) in [7, 11) is -4.10. The molecule has 3 aromatic carbocycles. The van der Waals surface area contributed by atoms with Gasteiger partial charge in [0.1, 0.15) is 0 Å². The number of nitriles is 1. The van der Waals surface area contributed by atoms with E-state index in [4.69, 9.17) is 0 Å². The second kappa shape index (κ2) is 9.36. The zero-order valence-electron chi connectivity index (χ0n) is 18.6. The van der Waals surface area contributed by atoms with Gasteiger partial charge in [-0.3, -0.25) is 4.31 Å². The lowest BCUT2D eigenvalue weighted by Gasteiger charge is -2.33. The first-order chi connectivity index (χ1) is 16.6. The van der Waals surface area contributed by atoms with Gasteiger partial charge in [-0.05, 0) is 54.3 Å². The van der Waals surface area contributed by atoms with Gasteiger partial charge < -0.3 is 5.11 Å². The molecule has 182 valence electrons.